The molecule has 126 valence electrons. The van der Waals surface area contributed by atoms with Gasteiger partial charge in [-0.2, -0.15) is 0 Å². The molecule has 0 N–H and O–H groups in total. The highest BCUT2D eigenvalue weighted by Crippen LogP contribution is 2.47. The predicted octanol–water partition coefficient (Wildman–Crippen LogP) is 3.93. The molecule has 1 heterocycles. The standard InChI is InChI=1S/C18H18FNO3S/c1-11-7-8-12(9-14(11)19)20-16(21)10-24-18(20)13-5-4-6-15(22-2)17(13)23-3/h4-9,18H,10H2,1-3H3. The second kappa shape index (κ2) is 6.73. The van der Waals surface area contributed by atoms with Gasteiger partial charge in [-0.25, -0.2) is 4.39 Å². The summed E-state index contributed by atoms with van der Waals surface area (Å²) in [6, 6.07) is 10.4. The minimum absolute atomic E-state index is 0.0573. The lowest BCUT2D eigenvalue weighted by Crippen LogP contribution is -2.28. The van der Waals surface area contributed by atoms with Crippen molar-refractivity contribution in [3.05, 3.63) is 53.3 Å². The van der Waals surface area contributed by atoms with Crippen molar-refractivity contribution < 1.29 is 18.7 Å². The fourth-order valence-electron chi connectivity index (χ4n) is 2.77. The largest absolute Gasteiger partial charge is 0.493 e. The molecule has 1 saturated heterocycles. The molecular weight excluding hydrogens is 329 g/mol. The molecule has 0 aromatic heterocycles. The molecule has 24 heavy (non-hydrogen) atoms. The molecule has 3 rings (SSSR count). The predicted molar refractivity (Wildman–Crippen MR) is 93.4 cm³/mol. The van der Waals surface area contributed by atoms with Crippen LogP contribution in [0.15, 0.2) is 36.4 Å². The van der Waals surface area contributed by atoms with E-state index in [-0.39, 0.29) is 17.1 Å². The number of aryl methyl sites for hydroxylation is 1. The van der Waals surface area contributed by atoms with Gasteiger partial charge in [0.2, 0.25) is 5.91 Å². The van der Waals surface area contributed by atoms with E-state index in [0.717, 1.165) is 5.56 Å². The molecule has 0 bridgehead atoms. The van der Waals surface area contributed by atoms with E-state index in [1.165, 1.54) is 17.8 Å². The maximum atomic E-state index is 14.0. The molecular formula is C18H18FNO3S. The fourth-order valence-corrected chi connectivity index (χ4v) is 3.96. The number of methoxy groups -OCH3 is 2. The molecule has 0 saturated carbocycles. The van der Waals surface area contributed by atoms with Crippen molar-refractivity contribution in [1.29, 1.82) is 0 Å². The third-order valence-electron chi connectivity index (χ3n) is 4.00. The van der Waals surface area contributed by atoms with Crippen LogP contribution >= 0.6 is 11.8 Å². The molecule has 0 spiro atoms. The Bertz CT molecular complexity index is 781. The van der Waals surface area contributed by atoms with Crippen molar-refractivity contribution >= 4 is 23.4 Å². The lowest BCUT2D eigenvalue weighted by Gasteiger charge is -2.26. The number of hydrogen-bond acceptors (Lipinski definition) is 4. The lowest BCUT2D eigenvalue weighted by molar-refractivity contribution is -0.115. The molecule has 1 unspecified atom stereocenters. The fraction of sp³-hybridized carbons (Fsp3) is 0.278. The van der Waals surface area contributed by atoms with Gasteiger partial charge in [-0.3, -0.25) is 9.69 Å². The van der Waals surface area contributed by atoms with Crippen LogP contribution in [0.3, 0.4) is 0 Å². The lowest BCUT2D eigenvalue weighted by atomic mass is 10.1. The molecule has 2 aromatic carbocycles. The maximum Gasteiger partial charge on any atom is 0.238 e. The normalized spacial score (nSPS) is 17.2. The minimum Gasteiger partial charge on any atom is -0.493 e. The summed E-state index contributed by atoms with van der Waals surface area (Å²) in [7, 11) is 3.14. The Labute approximate surface area is 144 Å². The van der Waals surface area contributed by atoms with Crippen LogP contribution in [-0.2, 0) is 4.79 Å². The summed E-state index contributed by atoms with van der Waals surface area (Å²) in [5.41, 5.74) is 1.92. The Morgan fingerprint density at radius 1 is 1.21 bits per heavy atom. The number of halogens is 1. The SMILES string of the molecule is COc1cccc(C2SCC(=O)N2c2ccc(C)c(F)c2)c1OC. The topological polar surface area (TPSA) is 38.8 Å². The van der Waals surface area contributed by atoms with Crippen LogP contribution in [-0.4, -0.2) is 25.9 Å². The average molecular weight is 347 g/mol. The van der Waals surface area contributed by atoms with Gasteiger partial charge in [0.25, 0.3) is 0 Å². The van der Waals surface area contributed by atoms with Gasteiger partial charge in [0.15, 0.2) is 11.5 Å². The third kappa shape index (κ3) is 2.82. The number of anilines is 1. The van der Waals surface area contributed by atoms with E-state index < -0.39 is 0 Å². The van der Waals surface area contributed by atoms with E-state index >= 15 is 0 Å². The van der Waals surface area contributed by atoms with Crippen molar-refractivity contribution in [1.82, 2.24) is 0 Å². The number of amides is 1. The van der Waals surface area contributed by atoms with Crippen molar-refractivity contribution in [3.8, 4) is 11.5 Å². The zero-order valence-electron chi connectivity index (χ0n) is 13.7. The van der Waals surface area contributed by atoms with E-state index in [4.69, 9.17) is 9.47 Å². The molecule has 1 aliphatic heterocycles. The molecule has 4 nitrogen and oxygen atoms in total. The van der Waals surface area contributed by atoms with Gasteiger partial charge >= 0.3 is 0 Å². The molecule has 0 radical (unpaired) electrons. The van der Waals surface area contributed by atoms with Crippen molar-refractivity contribution in [2.24, 2.45) is 0 Å². The first kappa shape index (κ1) is 16.6. The van der Waals surface area contributed by atoms with E-state index in [9.17, 15) is 9.18 Å². The summed E-state index contributed by atoms with van der Waals surface area (Å²) >= 11 is 1.48. The first-order chi connectivity index (χ1) is 11.6. The van der Waals surface area contributed by atoms with Gasteiger partial charge in [0.05, 0.1) is 20.0 Å². The summed E-state index contributed by atoms with van der Waals surface area (Å²) in [5.74, 6) is 1.14. The van der Waals surface area contributed by atoms with Gasteiger partial charge in [0, 0.05) is 11.3 Å². The number of ether oxygens (including phenoxy) is 2. The van der Waals surface area contributed by atoms with Crippen LogP contribution in [0, 0.1) is 12.7 Å². The van der Waals surface area contributed by atoms with Gasteiger partial charge in [-0.05, 0) is 30.7 Å². The Balaban J connectivity index is 2.07. The van der Waals surface area contributed by atoms with Gasteiger partial charge < -0.3 is 9.47 Å². The Morgan fingerprint density at radius 2 is 2.00 bits per heavy atom. The van der Waals surface area contributed by atoms with Crippen LogP contribution in [0.25, 0.3) is 0 Å². The van der Waals surface area contributed by atoms with Gasteiger partial charge in [-0.1, -0.05) is 18.2 Å². The number of para-hydroxylation sites is 1. The quantitative estimate of drug-likeness (QED) is 0.840. The molecule has 2 aromatic rings. The minimum atomic E-state index is -0.325. The number of carbonyl (C=O) groups is 1. The zero-order valence-corrected chi connectivity index (χ0v) is 14.5. The Hall–Kier alpha value is -2.21. The van der Waals surface area contributed by atoms with Crippen molar-refractivity contribution in [2.45, 2.75) is 12.3 Å². The van der Waals surface area contributed by atoms with Crippen LogP contribution in [0.2, 0.25) is 0 Å². The number of carbonyl (C=O) groups excluding carboxylic acids is 1. The average Bonchev–Trinajstić information content (AvgIpc) is 2.98. The summed E-state index contributed by atoms with van der Waals surface area (Å²) in [4.78, 5) is 14.0. The molecule has 0 aliphatic carbocycles. The molecule has 1 amide bonds. The molecule has 6 heteroatoms. The molecule has 1 atom stereocenters. The van der Waals surface area contributed by atoms with Crippen LogP contribution in [0.4, 0.5) is 10.1 Å². The summed E-state index contributed by atoms with van der Waals surface area (Å²) in [5, 5.41) is -0.287. The van der Waals surface area contributed by atoms with Crippen LogP contribution < -0.4 is 14.4 Å². The van der Waals surface area contributed by atoms with Crippen LogP contribution in [0.5, 0.6) is 11.5 Å². The highest BCUT2D eigenvalue weighted by molar-refractivity contribution is 8.00. The molecule has 1 aliphatic rings. The number of benzene rings is 2. The summed E-state index contributed by atoms with van der Waals surface area (Å²) in [6.45, 7) is 1.70. The maximum absolute atomic E-state index is 14.0. The number of rotatable bonds is 4. The van der Waals surface area contributed by atoms with E-state index in [1.54, 1.807) is 44.2 Å². The van der Waals surface area contributed by atoms with E-state index in [0.29, 0.717) is 28.5 Å². The Kier molecular flexibility index (Phi) is 4.66. The molecule has 1 fully saturated rings. The van der Waals surface area contributed by atoms with E-state index in [1.807, 2.05) is 12.1 Å². The monoisotopic (exact) mass is 347 g/mol. The van der Waals surface area contributed by atoms with Crippen LogP contribution in [0.1, 0.15) is 16.5 Å². The van der Waals surface area contributed by atoms with Gasteiger partial charge in [-0.15, -0.1) is 11.8 Å². The zero-order chi connectivity index (χ0) is 17.3. The highest BCUT2D eigenvalue weighted by atomic mass is 32.2. The van der Waals surface area contributed by atoms with Gasteiger partial charge in [0.1, 0.15) is 11.2 Å². The third-order valence-corrected chi connectivity index (χ3v) is 5.20. The van der Waals surface area contributed by atoms with E-state index in [2.05, 4.69) is 0 Å². The summed E-state index contributed by atoms with van der Waals surface area (Å²) < 4.78 is 24.8. The summed E-state index contributed by atoms with van der Waals surface area (Å²) in [6.07, 6.45) is 0. The number of nitrogens with zero attached hydrogens (tertiary/aromatic N) is 1. The first-order valence-electron chi connectivity index (χ1n) is 7.47. The smallest absolute Gasteiger partial charge is 0.238 e. The highest BCUT2D eigenvalue weighted by Gasteiger charge is 2.36. The second-order valence-electron chi connectivity index (χ2n) is 5.44. The number of hydrogen-bond donors (Lipinski definition) is 0. The second-order valence-corrected chi connectivity index (χ2v) is 6.51. The Morgan fingerprint density at radius 3 is 2.67 bits per heavy atom. The number of thioether (sulfide) groups is 1. The van der Waals surface area contributed by atoms with Crippen molar-refractivity contribution in [3.63, 3.8) is 0 Å². The van der Waals surface area contributed by atoms with Crippen molar-refractivity contribution in [2.75, 3.05) is 24.9 Å². The first-order valence-corrected chi connectivity index (χ1v) is 8.52.